The van der Waals surface area contributed by atoms with Gasteiger partial charge in [-0.3, -0.25) is 14.7 Å². The molecule has 126 valence electrons. The zero-order valence-corrected chi connectivity index (χ0v) is 14.6. The molecular formula is C16H18BrN5O2. The van der Waals surface area contributed by atoms with E-state index in [1.807, 2.05) is 24.3 Å². The molecule has 8 heteroatoms. The van der Waals surface area contributed by atoms with Crippen molar-refractivity contribution in [3.8, 4) is 0 Å². The first-order chi connectivity index (χ1) is 11.6. The van der Waals surface area contributed by atoms with Gasteiger partial charge in [0.25, 0.3) is 5.91 Å². The molecule has 2 amide bonds. The number of carbonyl (C=O) groups is 2. The zero-order chi connectivity index (χ0) is 16.9. The van der Waals surface area contributed by atoms with Crippen molar-refractivity contribution in [3.63, 3.8) is 0 Å². The summed E-state index contributed by atoms with van der Waals surface area (Å²) in [4.78, 5) is 24.1. The molecule has 4 N–H and O–H groups in total. The van der Waals surface area contributed by atoms with Gasteiger partial charge in [-0.05, 0) is 24.3 Å². The smallest absolute Gasteiger partial charge is 0.272 e. The van der Waals surface area contributed by atoms with Crippen LogP contribution in [-0.4, -0.2) is 35.1 Å². The Kier molecular flexibility index (Phi) is 5.27. The van der Waals surface area contributed by atoms with Crippen LogP contribution in [0.1, 0.15) is 28.2 Å². The van der Waals surface area contributed by atoms with E-state index in [1.165, 1.54) is 0 Å². The fraction of sp³-hybridized carbons (Fsp3) is 0.312. The molecule has 0 radical (unpaired) electrons. The minimum atomic E-state index is -0.257. The zero-order valence-electron chi connectivity index (χ0n) is 13.0. The minimum Gasteiger partial charge on any atom is -0.350 e. The fourth-order valence-corrected chi connectivity index (χ4v) is 2.81. The molecule has 1 aliphatic rings. The summed E-state index contributed by atoms with van der Waals surface area (Å²) in [5.41, 5.74) is 3.05. The van der Waals surface area contributed by atoms with Gasteiger partial charge in [-0.25, -0.2) is 0 Å². The monoisotopic (exact) mass is 391 g/mol. The second-order valence-electron chi connectivity index (χ2n) is 5.52. The van der Waals surface area contributed by atoms with Crippen molar-refractivity contribution in [2.75, 3.05) is 18.4 Å². The number of fused-ring (bicyclic) bond motifs is 1. The third-order valence-corrected chi connectivity index (χ3v) is 4.32. The number of carbonyl (C=O) groups excluding carboxylic acids is 2. The van der Waals surface area contributed by atoms with E-state index in [0.717, 1.165) is 34.4 Å². The molecule has 2 heterocycles. The highest BCUT2D eigenvalue weighted by atomic mass is 79.9. The normalized spacial score (nSPS) is 13.2. The third-order valence-electron chi connectivity index (χ3n) is 3.79. The first-order valence-corrected chi connectivity index (χ1v) is 8.53. The topological polar surface area (TPSA) is 98.9 Å². The molecule has 1 aromatic carbocycles. The number of nitrogens with zero attached hydrogens (tertiary/aromatic N) is 1. The molecule has 1 aromatic heterocycles. The summed E-state index contributed by atoms with van der Waals surface area (Å²) in [5, 5.41) is 15.7. The second kappa shape index (κ2) is 7.59. The molecular weight excluding hydrogens is 374 g/mol. The lowest BCUT2D eigenvalue weighted by molar-refractivity contribution is -0.116. The van der Waals surface area contributed by atoms with E-state index in [1.54, 1.807) is 0 Å². The van der Waals surface area contributed by atoms with Crippen LogP contribution < -0.4 is 16.0 Å². The van der Waals surface area contributed by atoms with Gasteiger partial charge in [-0.1, -0.05) is 15.9 Å². The highest BCUT2D eigenvalue weighted by Gasteiger charge is 2.21. The lowest BCUT2D eigenvalue weighted by atomic mass is 10.1. The van der Waals surface area contributed by atoms with Gasteiger partial charge in [0, 0.05) is 53.9 Å². The Morgan fingerprint density at radius 3 is 2.83 bits per heavy atom. The van der Waals surface area contributed by atoms with E-state index in [2.05, 4.69) is 42.1 Å². The first kappa shape index (κ1) is 16.7. The molecule has 7 nitrogen and oxygen atoms in total. The van der Waals surface area contributed by atoms with Gasteiger partial charge in [0.1, 0.15) is 0 Å². The van der Waals surface area contributed by atoms with Gasteiger partial charge >= 0.3 is 0 Å². The lowest BCUT2D eigenvalue weighted by Gasteiger charge is -2.12. The summed E-state index contributed by atoms with van der Waals surface area (Å²) in [6.45, 7) is 1.78. The van der Waals surface area contributed by atoms with Gasteiger partial charge in [-0.2, -0.15) is 5.10 Å². The average Bonchev–Trinajstić information content (AvgIpc) is 3.01. The van der Waals surface area contributed by atoms with Crippen LogP contribution in [0.5, 0.6) is 0 Å². The van der Waals surface area contributed by atoms with Crippen LogP contribution in [-0.2, 0) is 17.8 Å². The standard InChI is InChI=1S/C16H18BrN5O2/c17-10-1-3-11(4-2-10)20-14(23)6-8-19-16(24)15-12-9-18-7-5-13(12)21-22-15/h1-4,18H,5-9H2,(H,19,24)(H,20,23)(H,21,22). The maximum atomic E-state index is 12.2. The van der Waals surface area contributed by atoms with Crippen LogP contribution >= 0.6 is 15.9 Å². The Bertz CT molecular complexity index is 741. The molecule has 3 rings (SSSR count). The molecule has 0 saturated heterocycles. The van der Waals surface area contributed by atoms with Crippen LogP contribution in [0.2, 0.25) is 0 Å². The maximum absolute atomic E-state index is 12.2. The molecule has 0 aliphatic carbocycles. The predicted octanol–water partition coefficient (Wildman–Crippen LogP) is 1.58. The average molecular weight is 392 g/mol. The maximum Gasteiger partial charge on any atom is 0.272 e. The van der Waals surface area contributed by atoms with Crippen LogP contribution in [0.3, 0.4) is 0 Å². The molecule has 0 saturated carbocycles. The van der Waals surface area contributed by atoms with Gasteiger partial charge < -0.3 is 16.0 Å². The van der Waals surface area contributed by atoms with Crippen LogP contribution in [0.25, 0.3) is 0 Å². The predicted molar refractivity (Wildman–Crippen MR) is 93.7 cm³/mol. The Balaban J connectivity index is 1.47. The van der Waals surface area contributed by atoms with Crippen molar-refractivity contribution in [2.45, 2.75) is 19.4 Å². The molecule has 0 spiro atoms. The number of amides is 2. The van der Waals surface area contributed by atoms with E-state index in [0.29, 0.717) is 12.2 Å². The number of halogens is 1. The number of rotatable bonds is 5. The molecule has 0 fully saturated rings. The van der Waals surface area contributed by atoms with E-state index < -0.39 is 0 Å². The van der Waals surface area contributed by atoms with E-state index in [4.69, 9.17) is 0 Å². The summed E-state index contributed by atoms with van der Waals surface area (Å²) >= 11 is 3.34. The van der Waals surface area contributed by atoms with Crippen molar-refractivity contribution in [1.29, 1.82) is 0 Å². The second-order valence-corrected chi connectivity index (χ2v) is 6.43. The lowest BCUT2D eigenvalue weighted by Crippen LogP contribution is -2.30. The molecule has 2 aromatic rings. The Labute approximate surface area is 147 Å². The number of aromatic amines is 1. The number of anilines is 1. The van der Waals surface area contributed by atoms with Crippen molar-refractivity contribution in [3.05, 3.63) is 45.7 Å². The van der Waals surface area contributed by atoms with Gasteiger partial charge in [-0.15, -0.1) is 0 Å². The first-order valence-electron chi connectivity index (χ1n) is 7.74. The number of benzene rings is 1. The quantitative estimate of drug-likeness (QED) is 0.621. The number of aromatic nitrogens is 2. The summed E-state index contributed by atoms with van der Waals surface area (Å²) < 4.78 is 0.949. The van der Waals surface area contributed by atoms with Gasteiger partial charge in [0.05, 0.1) is 0 Å². The Hall–Kier alpha value is -2.19. The van der Waals surface area contributed by atoms with Crippen molar-refractivity contribution in [2.24, 2.45) is 0 Å². The largest absolute Gasteiger partial charge is 0.350 e. The molecule has 0 atom stereocenters. The van der Waals surface area contributed by atoms with E-state index in [9.17, 15) is 9.59 Å². The minimum absolute atomic E-state index is 0.150. The Morgan fingerprint density at radius 2 is 2.04 bits per heavy atom. The SMILES string of the molecule is O=C(CCNC(=O)c1n[nH]c2c1CNCC2)Nc1ccc(Br)cc1. The van der Waals surface area contributed by atoms with Gasteiger partial charge in [0.15, 0.2) is 5.69 Å². The van der Waals surface area contributed by atoms with Crippen molar-refractivity contribution in [1.82, 2.24) is 20.8 Å². The summed E-state index contributed by atoms with van der Waals surface area (Å²) in [6.07, 6.45) is 1.04. The van der Waals surface area contributed by atoms with Crippen LogP contribution in [0.15, 0.2) is 28.7 Å². The highest BCUT2D eigenvalue weighted by Crippen LogP contribution is 2.15. The van der Waals surface area contributed by atoms with Gasteiger partial charge in [0.2, 0.25) is 5.91 Å². The highest BCUT2D eigenvalue weighted by molar-refractivity contribution is 9.10. The molecule has 0 unspecified atom stereocenters. The Morgan fingerprint density at radius 1 is 1.25 bits per heavy atom. The molecule has 1 aliphatic heterocycles. The van der Waals surface area contributed by atoms with Crippen LogP contribution in [0.4, 0.5) is 5.69 Å². The summed E-state index contributed by atoms with van der Waals surface area (Å²) in [5.74, 6) is -0.406. The molecule has 0 bridgehead atoms. The van der Waals surface area contributed by atoms with Crippen molar-refractivity contribution >= 4 is 33.4 Å². The summed E-state index contributed by atoms with van der Waals surface area (Å²) in [6, 6.07) is 7.32. The number of nitrogens with one attached hydrogen (secondary N) is 4. The number of hydrogen-bond donors (Lipinski definition) is 4. The number of hydrogen-bond acceptors (Lipinski definition) is 4. The summed E-state index contributed by atoms with van der Waals surface area (Å²) in [7, 11) is 0. The third kappa shape index (κ3) is 4.01. The van der Waals surface area contributed by atoms with Crippen molar-refractivity contribution < 1.29 is 9.59 Å². The van der Waals surface area contributed by atoms with Crippen LogP contribution in [0, 0.1) is 0 Å². The van der Waals surface area contributed by atoms with E-state index >= 15 is 0 Å². The van der Waals surface area contributed by atoms with E-state index in [-0.39, 0.29) is 24.8 Å². The molecule has 24 heavy (non-hydrogen) atoms. The fourth-order valence-electron chi connectivity index (χ4n) is 2.54. The number of H-pyrrole nitrogens is 1.